The molecule has 0 aromatic heterocycles. The van der Waals surface area contributed by atoms with E-state index in [0.717, 1.165) is 6.07 Å². The van der Waals surface area contributed by atoms with Crippen molar-refractivity contribution in [1.82, 2.24) is 0 Å². The predicted molar refractivity (Wildman–Crippen MR) is 123 cm³/mol. The lowest BCUT2D eigenvalue weighted by Gasteiger charge is -2.26. The highest BCUT2D eigenvalue weighted by Gasteiger charge is 2.34. The fraction of sp³-hybridized carbons (Fsp3) is 0.0952. The van der Waals surface area contributed by atoms with Crippen LogP contribution in [0.4, 0.5) is 24.5 Å². The Morgan fingerprint density at radius 1 is 0.909 bits per heavy atom. The van der Waals surface area contributed by atoms with Gasteiger partial charge in [-0.15, -0.1) is 0 Å². The maximum Gasteiger partial charge on any atom is 0.416 e. The van der Waals surface area contributed by atoms with Crippen LogP contribution in [0.5, 0.6) is 0 Å². The maximum absolute atomic E-state index is 13.3. The summed E-state index contributed by atoms with van der Waals surface area (Å²) in [6.45, 7) is -0.888. The molecule has 3 rings (SSSR count). The van der Waals surface area contributed by atoms with Crippen LogP contribution in [0.15, 0.2) is 71.6 Å². The highest BCUT2D eigenvalue weighted by atomic mass is 35.5. The second-order valence-electron chi connectivity index (χ2n) is 6.64. The number of nitrogens with zero attached hydrogens (tertiary/aromatic N) is 1. The van der Waals surface area contributed by atoms with Crippen LogP contribution in [-0.4, -0.2) is 20.9 Å². The van der Waals surface area contributed by atoms with Gasteiger partial charge in [0.15, 0.2) is 0 Å². The molecule has 5 nitrogen and oxygen atoms in total. The van der Waals surface area contributed by atoms with Gasteiger partial charge in [0.05, 0.1) is 36.9 Å². The van der Waals surface area contributed by atoms with Crippen molar-refractivity contribution in [3.8, 4) is 0 Å². The summed E-state index contributed by atoms with van der Waals surface area (Å²) in [4.78, 5) is 12.5. The Bertz CT molecular complexity index is 1290. The number of nitrogens with one attached hydrogen (secondary N) is 1. The molecule has 174 valence electrons. The van der Waals surface area contributed by atoms with Crippen LogP contribution in [0.3, 0.4) is 0 Å². The third-order valence-corrected chi connectivity index (χ3v) is 7.30. The topological polar surface area (TPSA) is 66.5 Å². The quantitative estimate of drug-likeness (QED) is 0.390. The molecule has 0 spiro atoms. The van der Waals surface area contributed by atoms with E-state index >= 15 is 0 Å². The Kier molecular flexibility index (Phi) is 7.48. The molecule has 3 aromatic rings. The van der Waals surface area contributed by atoms with Crippen molar-refractivity contribution in [2.45, 2.75) is 11.1 Å². The van der Waals surface area contributed by atoms with Gasteiger partial charge in [-0.05, 0) is 42.5 Å². The lowest BCUT2D eigenvalue weighted by molar-refractivity contribution is -0.137. The summed E-state index contributed by atoms with van der Waals surface area (Å²) in [5.41, 5.74) is -1.54. The number of alkyl halides is 3. The van der Waals surface area contributed by atoms with Crippen LogP contribution in [0, 0.1) is 0 Å². The van der Waals surface area contributed by atoms with E-state index in [0.29, 0.717) is 16.4 Å². The van der Waals surface area contributed by atoms with Crippen molar-refractivity contribution in [2.75, 3.05) is 16.2 Å². The van der Waals surface area contributed by atoms with Gasteiger partial charge in [-0.1, -0.05) is 59.1 Å². The largest absolute Gasteiger partial charge is 0.416 e. The standard InChI is InChI=1S/C21H14Cl3F3N2O3S/c22-15-10-9-13(21(25,26)27)11-18(15)29(33(31,32)14-5-2-1-3-6-14)12-19(30)28-17-8-4-7-16(23)20(17)24/h1-11H,12H2,(H,28,30). The SMILES string of the molecule is O=C(CN(c1cc(C(F)(F)F)ccc1Cl)S(=O)(=O)c1ccccc1)Nc1cccc(Cl)c1Cl. The van der Waals surface area contributed by atoms with E-state index in [-0.39, 0.29) is 25.7 Å². The van der Waals surface area contributed by atoms with Gasteiger partial charge in [0.25, 0.3) is 10.0 Å². The summed E-state index contributed by atoms with van der Waals surface area (Å²) in [5.74, 6) is -0.882. The number of amides is 1. The zero-order chi connectivity index (χ0) is 24.4. The third kappa shape index (κ3) is 5.73. The third-order valence-electron chi connectivity index (χ3n) is 4.39. The Labute approximate surface area is 202 Å². The minimum Gasteiger partial charge on any atom is -0.323 e. The average Bonchev–Trinajstić information content (AvgIpc) is 2.75. The van der Waals surface area contributed by atoms with Crippen molar-refractivity contribution < 1.29 is 26.4 Å². The zero-order valence-electron chi connectivity index (χ0n) is 16.4. The van der Waals surface area contributed by atoms with E-state index in [1.54, 1.807) is 6.07 Å². The van der Waals surface area contributed by atoms with E-state index < -0.39 is 39.9 Å². The Morgan fingerprint density at radius 3 is 2.21 bits per heavy atom. The van der Waals surface area contributed by atoms with Gasteiger partial charge in [0, 0.05) is 0 Å². The monoisotopic (exact) mass is 536 g/mol. The summed E-state index contributed by atoms with van der Waals surface area (Å²) in [6.07, 6.45) is -4.77. The van der Waals surface area contributed by atoms with E-state index in [4.69, 9.17) is 34.8 Å². The Hall–Kier alpha value is -2.46. The normalized spacial score (nSPS) is 11.8. The molecule has 0 aliphatic rings. The summed E-state index contributed by atoms with van der Waals surface area (Å²) in [5, 5.41) is 2.28. The molecule has 0 aliphatic heterocycles. The molecule has 0 aliphatic carbocycles. The lowest BCUT2D eigenvalue weighted by atomic mass is 10.2. The fourth-order valence-corrected chi connectivity index (χ4v) is 4.89. The molecule has 0 saturated carbocycles. The van der Waals surface area contributed by atoms with Gasteiger partial charge < -0.3 is 5.32 Å². The van der Waals surface area contributed by atoms with Gasteiger partial charge in [-0.3, -0.25) is 9.10 Å². The molecule has 1 amide bonds. The Balaban J connectivity index is 2.07. The smallest absolute Gasteiger partial charge is 0.323 e. The van der Waals surface area contributed by atoms with E-state index in [1.807, 2.05) is 0 Å². The first kappa shape index (κ1) is 25.2. The number of hydrogen-bond donors (Lipinski definition) is 1. The molecule has 33 heavy (non-hydrogen) atoms. The molecule has 12 heteroatoms. The summed E-state index contributed by atoms with van der Waals surface area (Å²) in [6, 6.07) is 13.5. The van der Waals surface area contributed by atoms with Crippen LogP contribution in [0.1, 0.15) is 5.56 Å². The van der Waals surface area contributed by atoms with Gasteiger partial charge in [0.2, 0.25) is 5.91 Å². The molecular formula is C21H14Cl3F3N2O3S. The molecule has 0 atom stereocenters. The molecule has 0 unspecified atom stereocenters. The number of rotatable bonds is 6. The first-order chi connectivity index (χ1) is 15.4. The molecule has 0 heterocycles. The average molecular weight is 538 g/mol. The molecule has 0 fully saturated rings. The molecular weight excluding hydrogens is 524 g/mol. The summed E-state index contributed by atoms with van der Waals surface area (Å²) >= 11 is 18.0. The minimum absolute atomic E-state index is 0.0158. The highest BCUT2D eigenvalue weighted by molar-refractivity contribution is 7.92. The fourth-order valence-electron chi connectivity index (χ4n) is 2.82. The summed E-state index contributed by atoms with van der Waals surface area (Å²) in [7, 11) is -4.48. The van der Waals surface area contributed by atoms with Crippen molar-refractivity contribution in [2.24, 2.45) is 0 Å². The second kappa shape index (κ2) is 9.80. The number of benzene rings is 3. The van der Waals surface area contributed by atoms with Crippen LogP contribution < -0.4 is 9.62 Å². The summed E-state index contributed by atoms with van der Waals surface area (Å²) < 4.78 is 67.0. The van der Waals surface area contributed by atoms with Crippen LogP contribution in [0.25, 0.3) is 0 Å². The molecule has 0 saturated heterocycles. The van der Waals surface area contributed by atoms with Crippen LogP contribution >= 0.6 is 34.8 Å². The molecule has 0 bridgehead atoms. The number of anilines is 2. The molecule has 0 radical (unpaired) electrons. The van der Waals surface area contributed by atoms with Gasteiger partial charge in [-0.2, -0.15) is 13.2 Å². The minimum atomic E-state index is -4.77. The van der Waals surface area contributed by atoms with Gasteiger partial charge in [-0.25, -0.2) is 8.42 Å². The first-order valence-electron chi connectivity index (χ1n) is 9.09. The predicted octanol–water partition coefficient (Wildman–Crippen LogP) is 6.50. The molecule has 3 aromatic carbocycles. The number of carbonyl (C=O) groups excluding carboxylic acids is 1. The van der Waals surface area contributed by atoms with Gasteiger partial charge in [0.1, 0.15) is 6.54 Å². The van der Waals surface area contributed by atoms with Crippen LogP contribution in [0.2, 0.25) is 15.1 Å². The van der Waals surface area contributed by atoms with Crippen molar-refractivity contribution >= 4 is 62.1 Å². The van der Waals surface area contributed by atoms with E-state index in [1.165, 1.54) is 42.5 Å². The Morgan fingerprint density at radius 2 is 1.58 bits per heavy atom. The van der Waals surface area contributed by atoms with Crippen molar-refractivity contribution in [3.63, 3.8) is 0 Å². The zero-order valence-corrected chi connectivity index (χ0v) is 19.5. The van der Waals surface area contributed by atoms with Crippen molar-refractivity contribution in [3.05, 3.63) is 87.4 Å². The van der Waals surface area contributed by atoms with Crippen LogP contribution in [-0.2, 0) is 21.0 Å². The van der Waals surface area contributed by atoms with E-state index in [2.05, 4.69) is 5.32 Å². The highest BCUT2D eigenvalue weighted by Crippen LogP contribution is 2.37. The first-order valence-corrected chi connectivity index (χ1v) is 11.7. The molecule has 1 N–H and O–H groups in total. The second-order valence-corrected chi connectivity index (χ2v) is 9.69. The van der Waals surface area contributed by atoms with Gasteiger partial charge >= 0.3 is 6.18 Å². The van der Waals surface area contributed by atoms with Crippen molar-refractivity contribution in [1.29, 1.82) is 0 Å². The number of hydrogen-bond acceptors (Lipinski definition) is 3. The number of halogens is 6. The maximum atomic E-state index is 13.3. The lowest BCUT2D eigenvalue weighted by Crippen LogP contribution is -2.38. The number of sulfonamides is 1. The van der Waals surface area contributed by atoms with E-state index in [9.17, 15) is 26.4 Å². The number of carbonyl (C=O) groups is 1.